The van der Waals surface area contributed by atoms with Crippen molar-refractivity contribution in [1.82, 2.24) is 10.2 Å². The van der Waals surface area contributed by atoms with Crippen LogP contribution in [0.4, 0.5) is 11.4 Å². The highest BCUT2D eigenvalue weighted by Crippen LogP contribution is 2.28. The van der Waals surface area contributed by atoms with Gasteiger partial charge in [-0.1, -0.05) is 0 Å². The van der Waals surface area contributed by atoms with Gasteiger partial charge in [-0.25, -0.2) is 0 Å². The number of benzene rings is 1. The minimum atomic E-state index is -0.0710. The summed E-state index contributed by atoms with van der Waals surface area (Å²) in [6, 6.07) is 6.14. The minimum absolute atomic E-state index is 0.0710. The van der Waals surface area contributed by atoms with Gasteiger partial charge in [0.2, 0.25) is 0 Å². The molecule has 5 heteroatoms. The fraction of sp³-hybridized carbons (Fsp3) is 0.533. The molecule has 1 amide bonds. The molecule has 0 saturated carbocycles. The van der Waals surface area contributed by atoms with Crippen molar-refractivity contribution < 1.29 is 4.79 Å². The van der Waals surface area contributed by atoms with E-state index in [1.54, 1.807) is 6.07 Å². The normalized spacial score (nSPS) is 18.6. The molecule has 5 nitrogen and oxygen atoms in total. The molecule has 1 fully saturated rings. The molecular formula is C15H24N4O. The standard InChI is InChI=1S/C15H24N4O/c1-4-17-15(20)11-5-6-14(13(16)9-11)19-8-7-12(10-19)18(2)3/h5-6,9,12H,4,7-8,10,16H2,1-3H3,(H,17,20). The van der Waals surface area contributed by atoms with Gasteiger partial charge < -0.3 is 20.9 Å². The molecule has 3 N–H and O–H groups in total. The van der Waals surface area contributed by atoms with E-state index in [0.29, 0.717) is 23.8 Å². The van der Waals surface area contributed by atoms with Gasteiger partial charge in [0, 0.05) is 31.2 Å². The van der Waals surface area contributed by atoms with Crippen LogP contribution in [0.3, 0.4) is 0 Å². The predicted molar refractivity (Wildman–Crippen MR) is 83.2 cm³/mol. The van der Waals surface area contributed by atoms with Crippen molar-refractivity contribution in [2.75, 3.05) is 44.4 Å². The van der Waals surface area contributed by atoms with Gasteiger partial charge in [-0.3, -0.25) is 4.79 Å². The minimum Gasteiger partial charge on any atom is -0.397 e. The average Bonchev–Trinajstić information content (AvgIpc) is 2.88. The quantitative estimate of drug-likeness (QED) is 0.810. The summed E-state index contributed by atoms with van der Waals surface area (Å²) < 4.78 is 0. The second kappa shape index (κ2) is 6.13. The van der Waals surface area contributed by atoms with Crippen LogP contribution in [0, 0.1) is 0 Å². The molecule has 1 atom stereocenters. The summed E-state index contributed by atoms with van der Waals surface area (Å²) in [6.07, 6.45) is 1.14. The third kappa shape index (κ3) is 3.04. The third-order valence-corrected chi connectivity index (χ3v) is 3.86. The van der Waals surface area contributed by atoms with E-state index in [-0.39, 0.29) is 5.91 Å². The number of hydrogen-bond donors (Lipinski definition) is 2. The molecule has 0 spiro atoms. The van der Waals surface area contributed by atoms with Crippen LogP contribution in [0.15, 0.2) is 18.2 Å². The van der Waals surface area contributed by atoms with E-state index in [1.165, 1.54) is 0 Å². The zero-order valence-electron chi connectivity index (χ0n) is 12.5. The molecule has 1 unspecified atom stereocenters. The van der Waals surface area contributed by atoms with E-state index in [2.05, 4.69) is 29.2 Å². The summed E-state index contributed by atoms with van der Waals surface area (Å²) in [4.78, 5) is 16.3. The Balaban J connectivity index is 2.13. The summed E-state index contributed by atoms with van der Waals surface area (Å²) in [5, 5.41) is 2.79. The Morgan fingerprint density at radius 3 is 2.80 bits per heavy atom. The highest BCUT2D eigenvalue weighted by atomic mass is 16.1. The van der Waals surface area contributed by atoms with Gasteiger partial charge >= 0.3 is 0 Å². The van der Waals surface area contributed by atoms with E-state index in [9.17, 15) is 4.79 Å². The number of rotatable bonds is 4. The SMILES string of the molecule is CCNC(=O)c1ccc(N2CCC(N(C)C)C2)c(N)c1. The maximum atomic E-state index is 11.8. The molecule has 1 heterocycles. The maximum Gasteiger partial charge on any atom is 0.251 e. The summed E-state index contributed by atoms with van der Waals surface area (Å²) >= 11 is 0. The Labute approximate surface area is 120 Å². The largest absolute Gasteiger partial charge is 0.397 e. The Morgan fingerprint density at radius 1 is 1.50 bits per heavy atom. The number of likely N-dealkylation sites (N-methyl/N-ethyl adjacent to an activating group) is 1. The van der Waals surface area contributed by atoms with Crippen molar-refractivity contribution in [3.8, 4) is 0 Å². The molecule has 1 aliphatic rings. The molecule has 1 aromatic carbocycles. The predicted octanol–water partition coefficient (Wildman–Crippen LogP) is 1.16. The number of anilines is 2. The Bertz CT molecular complexity index is 487. The van der Waals surface area contributed by atoms with Crippen molar-refractivity contribution in [2.45, 2.75) is 19.4 Å². The zero-order chi connectivity index (χ0) is 14.7. The van der Waals surface area contributed by atoms with Gasteiger partial charge in [-0.15, -0.1) is 0 Å². The highest BCUT2D eigenvalue weighted by Gasteiger charge is 2.25. The second-order valence-corrected chi connectivity index (χ2v) is 5.49. The van der Waals surface area contributed by atoms with E-state index >= 15 is 0 Å². The molecule has 0 aromatic heterocycles. The van der Waals surface area contributed by atoms with Crippen LogP contribution in [-0.4, -0.2) is 50.6 Å². The first-order valence-electron chi connectivity index (χ1n) is 7.12. The fourth-order valence-electron chi connectivity index (χ4n) is 2.63. The number of carbonyl (C=O) groups is 1. The first-order chi connectivity index (χ1) is 9.52. The first kappa shape index (κ1) is 14.7. The van der Waals surface area contributed by atoms with Crippen LogP contribution in [0.2, 0.25) is 0 Å². The van der Waals surface area contributed by atoms with Crippen LogP contribution in [0.25, 0.3) is 0 Å². The number of nitrogens with zero attached hydrogens (tertiary/aromatic N) is 2. The van der Waals surface area contributed by atoms with E-state index in [0.717, 1.165) is 25.2 Å². The number of nitrogen functional groups attached to an aromatic ring is 1. The average molecular weight is 276 g/mol. The molecule has 0 bridgehead atoms. The lowest BCUT2D eigenvalue weighted by Crippen LogP contribution is -2.31. The lowest BCUT2D eigenvalue weighted by atomic mass is 10.1. The first-order valence-corrected chi connectivity index (χ1v) is 7.12. The molecule has 1 aromatic rings. The molecule has 1 aliphatic heterocycles. The fourth-order valence-corrected chi connectivity index (χ4v) is 2.63. The van der Waals surface area contributed by atoms with Crippen LogP contribution in [0.1, 0.15) is 23.7 Å². The van der Waals surface area contributed by atoms with Crippen molar-refractivity contribution in [3.05, 3.63) is 23.8 Å². The number of nitrogens with two attached hydrogens (primary N) is 1. The lowest BCUT2D eigenvalue weighted by molar-refractivity contribution is 0.0956. The Hall–Kier alpha value is -1.75. The molecule has 20 heavy (non-hydrogen) atoms. The van der Waals surface area contributed by atoms with Crippen molar-refractivity contribution in [3.63, 3.8) is 0 Å². The van der Waals surface area contributed by atoms with Crippen LogP contribution < -0.4 is 16.0 Å². The number of nitrogens with one attached hydrogen (secondary N) is 1. The summed E-state index contributed by atoms with van der Waals surface area (Å²) in [5.74, 6) is -0.0710. The van der Waals surface area contributed by atoms with Crippen LogP contribution in [-0.2, 0) is 0 Å². The van der Waals surface area contributed by atoms with E-state index in [4.69, 9.17) is 5.73 Å². The molecular weight excluding hydrogens is 252 g/mol. The molecule has 110 valence electrons. The molecule has 0 aliphatic carbocycles. The third-order valence-electron chi connectivity index (χ3n) is 3.86. The van der Waals surface area contributed by atoms with Gasteiger partial charge in [0.1, 0.15) is 0 Å². The van der Waals surface area contributed by atoms with Gasteiger partial charge in [-0.05, 0) is 45.6 Å². The maximum absolute atomic E-state index is 11.8. The summed E-state index contributed by atoms with van der Waals surface area (Å²) in [5.41, 5.74) is 8.45. The van der Waals surface area contributed by atoms with Crippen LogP contribution in [0.5, 0.6) is 0 Å². The number of hydrogen-bond acceptors (Lipinski definition) is 4. The Morgan fingerprint density at radius 2 is 2.25 bits per heavy atom. The molecule has 1 saturated heterocycles. The zero-order valence-corrected chi connectivity index (χ0v) is 12.5. The number of carbonyl (C=O) groups excluding carboxylic acids is 1. The molecule has 2 rings (SSSR count). The molecule has 0 radical (unpaired) electrons. The Kier molecular flexibility index (Phi) is 4.49. The van der Waals surface area contributed by atoms with Crippen molar-refractivity contribution in [2.24, 2.45) is 0 Å². The lowest BCUT2D eigenvalue weighted by Gasteiger charge is -2.23. The summed E-state index contributed by atoms with van der Waals surface area (Å²) in [7, 11) is 4.21. The van der Waals surface area contributed by atoms with Gasteiger partial charge in [0.05, 0.1) is 11.4 Å². The summed E-state index contributed by atoms with van der Waals surface area (Å²) in [6.45, 7) is 4.52. The van der Waals surface area contributed by atoms with E-state index in [1.807, 2.05) is 19.1 Å². The monoisotopic (exact) mass is 276 g/mol. The highest BCUT2D eigenvalue weighted by molar-refractivity contribution is 5.96. The van der Waals surface area contributed by atoms with Gasteiger partial charge in [-0.2, -0.15) is 0 Å². The van der Waals surface area contributed by atoms with Crippen molar-refractivity contribution >= 4 is 17.3 Å². The smallest absolute Gasteiger partial charge is 0.251 e. The van der Waals surface area contributed by atoms with Crippen molar-refractivity contribution in [1.29, 1.82) is 0 Å². The van der Waals surface area contributed by atoms with Gasteiger partial charge in [0.25, 0.3) is 5.91 Å². The van der Waals surface area contributed by atoms with Gasteiger partial charge in [0.15, 0.2) is 0 Å². The second-order valence-electron chi connectivity index (χ2n) is 5.49. The topological polar surface area (TPSA) is 61.6 Å². The van der Waals surface area contributed by atoms with E-state index < -0.39 is 0 Å². The number of amides is 1. The van der Waals surface area contributed by atoms with Crippen LogP contribution >= 0.6 is 0 Å².